The number of aromatic carboxylic acids is 1. The molecular formula is C24H27N3O3S. The van der Waals surface area contributed by atoms with Crippen LogP contribution < -0.4 is 4.90 Å². The second kappa shape index (κ2) is 9.47. The normalized spacial score (nSPS) is 14.4. The number of carboxylic acids is 1. The van der Waals surface area contributed by atoms with Gasteiger partial charge in [-0.25, -0.2) is 9.78 Å². The molecule has 0 unspecified atom stereocenters. The number of anilines is 1. The standard InChI is InChI=1S/C24H27N3O3S/c1-17-12-21(22(28)13-18-6-8-19(9-7-18)23(29)30)27(14-17)15-20-16-31-24(25-20)26-10-4-2-3-5-11-26/h6-9,12,14,16H,2-5,10-11,13,15H2,1H3,(H,29,30). The molecule has 1 saturated heterocycles. The van der Waals surface area contributed by atoms with Crippen molar-refractivity contribution in [2.75, 3.05) is 18.0 Å². The molecule has 0 spiro atoms. The van der Waals surface area contributed by atoms with Crippen molar-refractivity contribution >= 4 is 28.2 Å². The topological polar surface area (TPSA) is 75.4 Å². The Morgan fingerprint density at radius 1 is 1.10 bits per heavy atom. The number of carbonyl (C=O) groups excluding carboxylic acids is 1. The monoisotopic (exact) mass is 437 g/mol. The van der Waals surface area contributed by atoms with Gasteiger partial charge in [0.15, 0.2) is 10.9 Å². The fourth-order valence-electron chi connectivity index (χ4n) is 4.01. The first-order chi connectivity index (χ1) is 15.0. The zero-order valence-electron chi connectivity index (χ0n) is 17.7. The Bertz CT molecular complexity index is 1060. The molecule has 4 rings (SSSR count). The van der Waals surface area contributed by atoms with E-state index in [4.69, 9.17) is 10.1 Å². The predicted octanol–water partition coefficient (Wildman–Crippen LogP) is 4.81. The molecule has 3 aromatic rings. The highest BCUT2D eigenvalue weighted by Crippen LogP contribution is 2.25. The first kappa shape index (κ1) is 21.3. The minimum Gasteiger partial charge on any atom is -0.478 e. The Balaban J connectivity index is 1.47. The van der Waals surface area contributed by atoms with Crippen molar-refractivity contribution in [1.29, 1.82) is 0 Å². The van der Waals surface area contributed by atoms with Crippen LogP contribution in [0.2, 0.25) is 0 Å². The smallest absolute Gasteiger partial charge is 0.335 e. The van der Waals surface area contributed by atoms with E-state index < -0.39 is 5.97 Å². The first-order valence-electron chi connectivity index (χ1n) is 10.7. The van der Waals surface area contributed by atoms with Crippen LogP contribution in [0.4, 0.5) is 5.13 Å². The van der Waals surface area contributed by atoms with Crippen LogP contribution in [0, 0.1) is 6.92 Å². The average molecular weight is 438 g/mol. The van der Waals surface area contributed by atoms with Gasteiger partial charge in [0.1, 0.15) is 0 Å². The van der Waals surface area contributed by atoms with E-state index in [-0.39, 0.29) is 17.8 Å². The molecule has 0 bridgehead atoms. The van der Waals surface area contributed by atoms with Crippen LogP contribution in [0.5, 0.6) is 0 Å². The largest absolute Gasteiger partial charge is 0.478 e. The number of thiazole rings is 1. The van der Waals surface area contributed by atoms with Crippen molar-refractivity contribution in [3.63, 3.8) is 0 Å². The summed E-state index contributed by atoms with van der Waals surface area (Å²) >= 11 is 1.68. The number of ketones is 1. The van der Waals surface area contributed by atoms with Crippen LogP contribution in [0.3, 0.4) is 0 Å². The van der Waals surface area contributed by atoms with E-state index in [0.29, 0.717) is 12.2 Å². The molecule has 0 atom stereocenters. The SMILES string of the molecule is Cc1cc(C(=O)Cc2ccc(C(=O)O)cc2)n(Cc2csc(N3CCCCCC3)n2)c1. The van der Waals surface area contributed by atoms with Crippen LogP contribution in [-0.4, -0.2) is 39.5 Å². The van der Waals surface area contributed by atoms with E-state index in [1.807, 2.05) is 23.8 Å². The molecule has 7 heteroatoms. The third-order valence-electron chi connectivity index (χ3n) is 5.63. The van der Waals surface area contributed by atoms with Gasteiger partial charge in [-0.05, 0) is 49.1 Å². The summed E-state index contributed by atoms with van der Waals surface area (Å²) in [6, 6.07) is 8.39. The van der Waals surface area contributed by atoms with E-state index in [9.17, 15) is 9.59 Å². The highest BCUT2D eigenvalue weighted by atomic mass is 32.1. The number of hydrogen-bond acceptors (Lipinski definition) is 5. The van der Waals surface area contributed by atoms with Gasteiger partial charge in [0.05, 0.1) is 23.5 Å². The Morgan fingerprint density at radius 2 is 1.81 bits per heavy atom. The maximum Gasteiger partial charge on any atom is 0.335 e. The summed E-state index contributed by atoms with van der Waals surface area (Å²) in [6.07, 6.45) is 7.25. The number of Topliss-reactive ketones (excluding diaryl/α,β-unsaturated/α-hetero) is 1. The maximum absolute atomic E-state index is 13.0. The molecule has 1 N–H and O–H groups in total. The Hall–Kier alpha value is -2.93. The lowest BCUT2D eigenvalue weighted by Gasteiger charge is -2.18. The number of carbonyl (C=O) groups is 2. The molecule has 1 aromatic carbocycles. The van der Waals surface area contributed by atoms with Crippen LogP contribution in [0.25, 0.3) is 0 Å². The van der Waals surface area contributed by atoms with Crippen molar-refractivity contribution in [1.82, 2.24) is 9.55 Å². The van der Waals surface area contributed by atoms with Gasteiger partial charge in [0.25, 0.3) is 0 Å². The number of aromatic nitrogens is 2. The summed E-state index contributed by atoms with van der Waals surface area (Å²) in [5.74, 6) is -0.954. The van der Waals surface area contributed by atoms with Gasteiger partial charge in [-0.1, -0.05) is 25.0 Å². The van der Waals surface area contributed by atoms with E-state index in [0.717, 1.165) is 35.0 Å². The molecule has 3 heterocycles. The van der Waals surface area contributed by atoms with Crippen molar-refractivity contribution < 1.29 is 14.7 Å². The van der Waals surface area contributed by atoms with Crippen molar-refractivity contribution in [2.24, 2.45) is 0 Å². The number of rotatable bonds is 7. The minimum atomic E-state index is -0.967. The van der Waals surface area contributed by atoms with Crippen molar-refractivity contribution in [2.45, 2.75) is 45.6 Å². The molecule has 162 valence electrons. The second-order valence-electron chi connectivity index (χ2n) is 8.16. The number of nitrogens with zero attached hydrogens (tertiary/aromatic N) is 3. The fourth-order valence-corrected chi connectivity index (χ4v) is 4.88. The first-order valence-corrected chi connectivity index (χ1v) is 11.6. The van der Waals surface area contributed by atoms with Crippen LogP contribution >= 0.6 is 11.3 Å². The Kier molecular flexibility index (Phi) is 6.51. The van der Waals surface area contributed by atoms with Crippen molar-refractivity contribution in [3.8, 4) is 0 Å². The lowest BCUT2D eigenvalue weighted by Crippen LogP contribution is -2.23. The minimum absolute atomic E-state index is 0.0131. The molecule has 2 aromatic heterocycles. The summed E-state index contributed by atoms with van der Waals surface area (Å²) in [7, 11) is 0. The zero-order valence-corrected chi connectivity index (χ0v) is 18.5. The quantitative estimate of drug-likeness (QED) is 0.537. The highest BCUT2D eigenvalue weighted by molar-refractivity contribution is 7.13. The lowest BCUT2D eigenvalue weighted by molar-refractivity contribution is 0.0696. The lowest BCUT2D eigenvalue weighted by atomic mass is 10.0. The van der Waals surface area contributed by atoms with Crippen LogP contribution in [-0.2, 0) is 13.0 Å². The van der Waals surface area contributed by atoms with E-state index in [1.165, 1.54) is 37.8 Å². The van der Waals surface area contributed by atoms with Crippen LogP contribution in [0.1, 0.15) is 63.4 Å². The molecule has 0 amide bonds. The zero-order chi connectivity index (χ0) is 21.8. The van der Waals surface area contributed by atoms with Gasteiger partial charge >= 0.3 is 5.97 Å². The summed E-state index contributed by atoms with van der Waals surface area (Å²) in [5, 5.41) is 12.2. The molecule has 6 nitrogen and oxygen atoms in total. The average Bonchev–Trinajstić information content (AvgIpc) is 3.25. The van der Waals surface area contributed by atoms with Gasteiger partial charge in [-0.3, -0.25) is 4.79 Å². The summed E-state index contributed by atoms with van der Waals surface area (Å²) in [6.45, 7) is 4.69. The second-order valence-corrected chi connectivity index (χ2v) is 8.99. The van der Waals surface area contributed by atoms with Gasteiger partial charge in [0, 0.05) is 31.1 Å². The van der Waals surface area contributed by atoms with E-state index in [1.54, 1.807) is 23.5 Å². The van der Waals surface area contributed by atoms with Gasteiger partial charge in [0.2, 0.25) is 0 Å². The number of carboxylic acid groups (broad SMARTS) is 1. The predicted molar refractivity (Wildman–Crippen MR) is 123 cm³/mol. The molecule has 0 aliphatic carbocycles. The molecule has 1 aliphatic rings. The van der Waals surface area contributed by atoms with Gasteiger partial charge in [-0.2, -0.15) is 0 Å². The Morgan fingerprint density at radius 3 is 2.48 bits per heavy atom. The number of benzene rings is 1. The summed E-state index contributed by atoms with van der Waals surface area (Å²) in [4.78, 5) is 31.2. The highest BCUT2D eigenvalue weighted by Gasteiger charge is 2.17. The Labute approximate surface area is 186 Å². The third-order valence-corrected chi connectivity index (χ3v) is 6.58. The van der Waals surface area contributed by atoms with Crippen LogP contribution in [0.15, 0.2) is 41.9 Å². The molecule has 0 saturated carbocycles. The fraction of sp³-hybridized carbons (Fsp3) is 0.375. The van der Waals surface area contributed by atoms with Crippen molar-refractivity contribution in [3.05, 3.63) is 70.0 Å². The summed E-state index contributed by atoms with van der Waals surface area (Å²) in [5.41, 5.74) is 3.69. The number of aryl methyl sites for hydroxylation is 1. The molecule has 31 heavy (non-hydrogen) atoms. The maximum atomic E-state index is 13.0. The summed E-state index contributed by atoms with van der Waals surface area (Å²) < 4.78 is 1.98. The molecule has 1 aliphatic heterocycles. The molecule has 0 radical (unpaired) electrons. The number of hydrogen-bond donors (Lipinski definition) is 1. The molecule has 1 fully saturated rings. The third kappa shape index (κ3) is 5.22. The van der Waals surface area contributed by atoms with E-state index >= 15 is 0 Å². The van der Waals surface area contributed by atoms with Gasteiger partial charge in [-0.15, -0.1) is 11.3 Å². The molecular weight excluding hydrogens is 410 g/mol. The van der Waals surface area contributed by atoms with E-state index in [2.05, 4.69) is 10.3 Å². The van der Waals surface area contributed by atoms with Gasteiger partial charge < -0.3 is 14.6 Å².